The second-order valence-electron chi connectivity index (χ2n) is 5.24. The molecule has 0 heterocycles. The molecule has 0 saturated carbocycles. The van der Waals surface area contributed by atoms with Crippen molar-refractivity contribution in [1.29, 1.82) is 0 Å². The van der Waals surface area contributed by atoms with E-state index in [1.165, 1.54) is 18.2 Å². The molecule has 0 aromatic heterocycles. The minimum Gasteiger partial charge on any atom is -0.382 e. The van der Waals surface area contributed by atoms with Crippen LogP contribution in [0.3, 0.4) is 0 Å². The molecule has 0 saturated heterocycles. The lowest BCUT2D eigenvalue weighted by Crippen LogP contribution is -2.52. The summed E-state index contributed by atoms with van der Waals surface area (Å²) in [7, 11) is 0. The maximum Gasteiger partial charge on any atom is 0.272 e. The number of benzene rings is 1. The molecule has 1 unspecified atom stereocenters. The Hall–Kier alpha value is -1.64. The van der Waals surface area contributed by atoms with Crippen LogP contribution >= 0.6 is 11.8 Å². The van der Waals surface area contributed by atoms with Crippen LogP contribution in [0.25, 0.3) is 0 Å². The number of carbonyl (C=O) groups is 2. The average Bonchev–Trinajstić information content (AvgIpc) is 2.51. The SMILES string of the molecule is CC(C)SCC[C@@H](N)C(O)C(=O)NNC(=O)c1ccccc1F. The van der Waals surface area contributed by atoms with Crippen molar-refractivity contribution >= 4 is 23.6 Å². The third-order valence-electron chi connectivity index (χ3n) is 2.99. The van der Waals surface area contributed by atoms with Gasteiger partial charge in [0.2, 0.25) is 0 Å². The smallest absolute Gasteiger partial charge is 0.272 e. The summed E-state index contributed by atoms with van der Waals surface area (Å²) in [5, 5.41) is 10.3. The summed E-state index contributed by atoms with van der Waals surface area (Å²) in [6.07, 6.45) is -0.998. The van der Waals surface area contributed by atoms with Gasteiger partial charge in [-0.3, -0.25) is 20.4 Å². The van der Waals surface area contributed by atoms with Gasteiger partial charge in [0.05, 0.1) is 5.56 Å². The number of amides is 2. The quantitative estimate of drug-likeness (QED) is 0.548. The lowest BCUT2D eigenvalue weighted by atomic mass is 10.1. The molecular formula is C15H22FN3O3S. The zero-order valence-corrected chi connectivity index (χ0v) is 13.9. The van der Waals surface area contributed by atoms with Crippen molar-refractivity contribution in [3.05, 3.63) is 35.6 Å². The molecular weight excluding hydrogens is 321 g/mol. The van der Waals surface area contributed by atoms with Crippen LogP contribution in [0, 0.1) is 5.82 Å². The minimum atomic E-state index is -1.45. The fourth-order valence-corrected chi connectivity index (χ4v) is 2.58. The van der Waals surface area contributed by atoms with Crippen LogP contribution in [0.1, 0.15) is 30.6 Å². The van der Waals surface area contributed by atoms with E-state index < -0.39 is 29.8 Å². The molecule has 0 bridgehead atoms. The highest BCUT2D eigenvalue weighted by molar-refractivity contribution is 7.99. The molecule has 0 spiro atoms. The summed E-state index contributed by atoms with van der Waals surface area (Å²) < 4.78 is 13.4. The van der Waals surface area contributed by atoms with Crippen LogP contribution in [0.5, 0.6) is 0 Å². The van der Waals surface area contributed by atoms with Gasteiger partial charge >= 0.3 is 0 Å². The van der Waals surface area contributed by atoms with Crippen molar-refractivity contribution in [2.75, 3.05) is 5.75 Å². The maximum atomic E-state index is 13.4. The number of rotatable bonds is 7. The van der Waals surface area contributed by atoms with Crippen molar-refractivity contribution in [1.82, 2.24) is 10.9 Å². The first kappa shape index (κ1) is 19.4. The number of thioether (sulfide) groups is 1. The predicted octanol–water partition coefficient (Wildman–Crippen LogP) is 0.807. The van der Waals surface area contributed by atoms with Gasteiger partial charge in [-0.05, 0) is 29.6 Å². The number of hydrogen-bond donors (Lipinski definition) is 4. The van der Waals surface area contributed by atoms with Gasteiger partial charge in [-0.2, -0.15) is 11.8 Å². The van der Waals surface area contributed by atoms with Gasteiger partial charge in [-0.25, -0.2) is 4.39 Å². The molecule has 0 aliphatic heterocycles. The lowest BCUT2D eigenvalue weighted by Gasteiger charge is -2.18. The van der Waals surface area contributed by atoms with E-state index in [0.717, 1.165) is 6.07 Å². The van der Waals surface area contributed by atoms with E-state index in [-0.39, 0.29) is 5.56 Å². The number of halogens is 1. The monoisotopic (exact) mass is 343 g/mol. The molecule has 8 heteroatoms. The van der Waals surface area contributed by atoms with Crippen LogP contribution < -0.4 is 16.6 Å². The van der Waals surface area contributed by atoms with E-state index >= 15 is 0 Å². The molecule has 2 atom stereocenters. The Balaban J connectivity index is 2.43. The zero-order chi connectivity index (χ0) is 17.4. The summed E-state index contributed by atoms with van der Waals surface area (Å²) >= 11 is 1.67. The molecule has 1 aromatic carbocycles. The van der Waals surface area contributed by atoms with Crippen molar-refractivity contribution in [3.8, 4) is 0 Å². The molecule has 23 heavy (non-hydrogen) atoms. The van der Waals surface area contributed by atoms with E-state index in [9.17, 15) is 19.1 Å². The highest BCUT2D eigenvalue weighted by atomic mass is 32.2. The van der Waals surface area contributed by atoms with Crippen molar-refractivity contribution in [2.45, 2.75) is 37.7 Å². The van der Waals surface area contributed by atoms with Gasteiger partial charge < -0.3 is 10.8 Å². The molecule has 6 nitrogen and oxygen atoms in total. The van der Waals surface area contributed by atoms with Crippen LogP contribution in [-0.4, -0.2) is 40.1 Å². The first-order valence-electron chi connectivity index (χ1n) is 7.23. The normalized spacial score (nSPS) is 13.5. The second kappa shape index (κ2) is 9.49. The fraction of sp³-hybridized carbons (Fsp3) is 0.467. The Morgan fingerprint density at radius 1 is 1.30 bits per heavy atom. The zero-order valence-electron chi connectivity index (χ0n) is 13.1. The topological polar surface area (TPSA) is 104 Å². The highest BCUT2D eigenvalue weighted by Crippen LogP contribution is 2.12. The lowest BCUT2D eigenvalue weighted by molar-refractivity contribution is -0.131. The number of nitrogens with two attached hydrogens (primary N) is 1. The number of aliphatic hydroxyl groups excluding tert-OH is 1. The molecule has 0 aliphatic carbocycles. The molecule has 128 valence electrons. The Morgan fingerprint density at radius 2 is 1.96 bits per heavy atom. The van der Waals surface area contributed by atoms with Crippen LogP contribution in [0.2, 0.25) is 0 Å². The van der Waals surface area contributed by atoms with E-state index in [4.69, 9.17) is 5.73 Å². The van der Waals surface area contributed by atoms with Crippen LogP contribution in [0.4, 0.5) is 4.39 Å². The Bertz CT molecular complexity index is 542. The standard InChI is InChI=1S/C15H22FN3O3S/c1-9(2)23-8-7-12(17)13(20)15(22)19-18-14(21)10-5-3-4-6-11(10)16/h3-6,9,12-13,20H,7-8,17H2,1-2H3,(H,18,21)(H,19,22)/t12-,13?/m1/s1. The molecule has 5 N–H and O–H groups in total. The summed E-state index contributed by atoms with van der Waals surface area (Å²) in [5.74, 6) is -1.64. The van der Waals surface area contributed by atoms with Gasteiger partial charge in [0.15, 0.2) is 0 Å². The third kappa shape index (κ3) is 6.55. The van der Waals surface area contributed by atoms with E-state index in [1.807, 2.05) is 19.3 Å². The Morgan fingerprint density at radius 3 is 2.57 bits per heavy atom. The first-order chi connectivity index (χ1) is 10.8. The fourth-order valence-electron chi connectivity index (χ4n) is 1.70. The highest BCUT2D eigenvalue weighted by Gasteiger charge is 2.23. The number of hydrogen-bond acceptors (Lipinski definition) is 5. The molecule has 0 aliphatic rings. The number of carbonyl (C=O) groups excluding carboxylic acids is 2. The maximum absolute atomic E-state index is 13.4. The van der Waals surface area contributed by atoms with Crippen molar-refractivity contribution < 1.29 is 19.1 Å². The van der Waals surface area contributed by atoms with Crippen molar-refractivity contribution in [3.63, 3.8) is 0 Å². The first-order valence-corrected chi connectivity index (χ1v) is 8.27. The van der Waals surface area contributed by atoms with Crippen LogP contribution in [0.15, 0.2) is 24.3 Å². The van der Waals surface area contributed by atoms with Crippen LogP contribution in [-0.2, 0) is 4.79 Å². The summed E-state index contributed by atoms with van der Waals surface area (Å²) in [6.45, 7) is 4.08. The Kier molecular flexibility index (Phi) is 8.01. The second-order valence-corrected chi connectivity index (χ2v) is 6.92. The number of hydrazine groups is 1. The van der Waals surface area contributed by atoms with Crippen molar-refractivity contribution in [2.24, 2.45) is 5.73 Å². The van der Waals surface area contributed by atoms with E-state index in [0.29, 0.717) is 17.4 Å². The van der Waals surface area contributed by atoms with Gasteiger partial charge in [-0.1, -0.05) is 26.0 Å². The Labute approximate surface area is 139 Å². The molecule has 2 amide bonds. The van der Waals surface area contributed by atoms with Gasteiger partial charge in [0.1, 0.15) is 11.9 Å². The van der Waals surface area contributed by atoms with E-state index in [1.54, 1.807) is 11.8 Å². The van der Waals surface area contributed by atoms with Gasteiger partial charge in [0.25, 0.3) is 11.8 Å². The molecule has 0 fully saturated rings. The van der Waals surface area contributed by atoms with Gasteiger partial charge in [0, 0.05) is 6.04 Å². The molecule has 0 radical (unpaired) electrons. The molecule has 1 rings (SSSR count). The van der Waals surface area contributed by atoms with Gasteiger partial charge in [-0.15, -0.1) is 0 Å². The summed E-state index contributed by atoms with van der Waals surface area (Å²) in [4.78, 5) is 23.5. The molecule has 1 aromatic rings. The van der Waals surface area contributed by atoms with E-state index in [2.05, 4.69) is 5.43 Å². The predicted molar refractivity (Wildman–Crippen MR) is 88.2 cm³/mol. The number of nitrogens with one attached hydrogen (secondary N) is 2. The minimum absolute atomic E-state index is 0.208. The number of aliphatic hydroxyl groups is 1. The third-order valence-corrected chi connectivity index (χ3v) is 4.13. The summed E-state index contributed by atoms with van der Waals surface area (Å²) in [5.41, 5.74) is 9.64. The largest absolute Gasteiger partial charge is 0.382 e. The summed E-state index contributed by atoms with van der Waals surface area (Å²) in [6, 6.07) is 4.61. The average molecular weight is 343 g/mol.